The zero-order valence-corrected chi connectivity index (χ0v) is 10.3. The van der Waals surface area contributed by atoms with Gasteiger partial charge in [0, 0.05) is 4.90 Å². The first-order chi connectivity index (χ1) is 8.20. The van der Waals surface area contributed by atoms with Gasteiger partial charge in [-0.1, -0.05) is 23.9 Å². The predicted octanol–water partition coefficient (Wildman–Crippen LogP) is 3.01. The van der Waals surface area contributed by atoms with Crippen molar-refractivity contribution in [2.75, 3.05) is 18.6 Å². The highest BCUT2D eigenvalue weighted by Gasteiger charge is 2.05. The Bertz CT molecular complexity index is 529. The number of nitrogen functional groups attached to an aromatic ring is 2. The SMILES string of the molecule is COc1ccccc1Sc1ccc(N)c(N)c1. The third-order valence-electron chi connectivity index (χ3n) is 2.36. The van der Waals surface area contributed by atoms with E-state index in [1.54, 1.807) is 18.9 Å². The molecule has 0 aliphatic rings. The van der Waals surface area contributed by atoms with Crippen molar-refractivity contribution in [3.63, 3.8) is 0 Å². The minimum Gasteiger partial charge on any atom is -0.496 e. The van der Waals surface area contributed by atoms with Crippen molar-refractivity contribution in [3.8, 4) is 5.75 Å². The summed E-state index contributed by atoms with van der Waals surface area (Å²) in [6, 6.07) is 13.5. The van der Waals surface area contributed by atoms with E-state index in [0.717, 1.165) is 15.5 Å². The van der Waals surface area contributed by atoms with Gasteiger partial charge in [-0.3, -0.25) is 0 Å². The molecule has 0 heterocycles. The van der Waals surface area contributed by atoms with E-state index < -0.39 is 0 Å². The summed E-state index contributed by atoms with van der Waals surface area (Å²) in [7, 11) is 1.66. The highest BCUT2D eigenvalue weighted by molar-refractivity contribution is 7.99. The molecule has 17 heavy (non-hydrogen) atoms. The van der Waals surface area contributed by atoms with Crippen molar-refractivity contribution in [2.45, 2.75) is 9.79 Å². The number of anilines is 2. The molecule has 0 aromatic heterocycles. The van der Waals surface area contributed by atoms with Gasteiger partial charge in [-0.15, -0.1) is 0 Å². The van der Waals surface area contributed by atoms with Crippen LogP contribution in [0.5, 0.6) is 5.75 Å². The van der Waals surface area contributed by atoms with E-state index in [-0.39, 0.29) is 0 Å². The Morgan fingerprint density at radius 3 is 2.47 bits per heavy atom. The number of methoxy groups -OCH3 is 1. The molecule has 0 saturated carbocycles. The maximum Gasteiger partial charge on any atom is 0.132 e. The molecule has 0 atom stereocenters. The van der Waals surface area contributed by atoms with Gasteiger partial charge in [0.05, 0.1) is 23.4 Å². The van der Waals surface area contributed by atoms with Gasteiger partial charge in [0.1, 0.15) is 5.75 Å². The summed E-state index contributed by atoms with van der Waals surface area (Å²) in [5, 5.41) is 0. The van der Waals surface area contributed by atoms with E-state index in [2.05, 4.69) is 0 Å². The topological polar surface area (TPSA) is 61.3 Å². The second-order valence-corrected chi connectivity index (χ2v) is 4.66. The van der Waals surface area contributed by atoms with Crippen molar-refractivity contribution in [1.82, 2.24) is 0 Å². The lowest BCUT2D eigenvalue weighted by Gasteiger charge is -2.08. The van der Waals surface area contributed by atoms with Gasteiger partial charge < -0.3 is 16.2 Å². The van der Waals surface area contributed by atoms with Gasteiger partial charge in [-0.25, -0.2) is 0 Å². The molecule has 0 aliphatic heterocycles. The van der Waals surface area contributed by atoms with E-state index in [9.17, 15) is 0 Å². The molecule has 0 bridgehead atoms. The molecule has 2 aromatic carbocycles. The van der Waals surface area contributed by atoms with E-state index >= 15 is 0 Å². The van der Waals surface area contributed by atoms with Crippen LogP contribution in [0.15, 0.2) is 52.3 Å². The van der Waals surface area contributed by atoms with Crippen LogP contribution in [0.25, 0.3) is 0 Å². The lowest BCUT2D eigenvalue weighted by molar-refractivity contribution is 0.405. The quantitative estimate of drug-likeness (QED) is 0.817. The normalized spacial score (nSPS) is 10.2. The Labute approximate surface area is 105 Å². The number of para-hydroxylation sites is 1. The van der Waals surface area contributed by atoms with Crippen LogP contribution >= 0.6 is 11.8 Å². The molecular formula is C13H14N2OS. The lowest BCUT2D eigenvalue weighted by Crippen LogP contribution is -1.93. The van der Waals surface area contributed by atoms with Crippen LogP contribution < -0.4 is 16.2 Å². The van der Waals surface area contributed by atoms with Crippen LogP contribution in [-0.2, 0) is 0 Å². The van der Waals surface area contributed by atoms with Gasteiger partial charge in [-0.05, 0) is 30.3 Å². The van der Waals surface area contributed by atoms with Crippen LogP contribution in [0, 0.1) is 0 Å². The third kappa shape index (κ3) is 2.65. The zero-order valence-electron chi connectivity index (χ0n) is 9.51. The smallest absolute Gasteiger partial charge is 0.132 e. The van der Waals surface area contributed by atoms with Crippen LogP contribution in [0.4, 0.5) is 11.4 Å². The Balaban J connectivity index is 2.28. The monoisotopic (exact) mass is 246 g/mol. The fourth-order valence-electron chi connectivity index (χ4n) is 1.45. The maximum absolute atomic E-state index is 5.78. The molecule has 2 aromatic rings. The number of benzene rings is 2. The standard InChI is InChI=1S/C13H14N2OS/c1-16-12-4-2-3-5-13(12)17-9-6-7-10(14)11(15)8-9/h2-8H,14-15H2,1H3. The number of ether oxygens (including phenoxy) is 1. The van der Waals surface area contributed by atoms with Crippen LogP contribution in [-0.4, -0.2) is 7.11 Å². The molecule has 0 amide bonds. The maximum atomic E-state index is 5.78. The van der Waals surface area contributed by atoms with Crippen LogP contribution in [0.3, 0.4) is 0 Å². The molecule has 0 aliphatic carbocycles. The summed E-state index contributed by atoms with van der Waals surface area (Å²) in [5.74, 6) is 0.855. The van der Waals surface area contributed by atoms with E-state index in [0.29, 0.717) is 11.4 Å². The van der Waals surface area contributed by atoms with Crippen molar-refractivity contribution in [3.05, 3.63) is 42.5 Å². The highest BCUT2D eigenvalue weighted by atomic mass is 32.2. The van der Waals surface area contributed by atoms with Gasteiger partial charge in [0.2, 0.25) is 0 Å². The second-order valence-electron chi connectivity index (χ2n) is 3.54. The lowest BCUT2D eigenvalue weighted by atomic mass is 10.3. The molecule has 3 nitrogen and oxygen atoms in total. The fourth-order valence-corrected chi connectivity index (χ4v) is 2.42. The average Bonchev–Trinajstić information content (AvgIpc) is 2.34. The largest absolute Gasteiger partial charge is 0.496 e. The predicted molar refractivity (Wildman–Crippen MR) is 72.4 cm³/mol. The molecule has 4 N–H and O–H groups in total. The fraction of sp³-hybridized carbons (Fsp3) is 0.0769. The molecule has 2 rings (SSSR count). The Morgan fingerprint density at radius 2 is 1.76 bits per heavy atom. The minimum absolute atomic E-state index is 0.602. The number of hydrogen-bond acceptors (Lipinski definition) is 4. The molecule has 4 heteroatoms. The van der Waals surface area contributed by atoms with Crippen molar-refractivity contribution >= 4 is 23.1 Å². The van der Waals surface area contributed by atoms with Gasteiger partial charge in [0.25, 0.3) is 0 Å². The summed E-state index contributed by atoms with van der Waals surface area (Å²) in [6.45, 7) is 0. The molecule has 0 unspecified atom stereocenters. The summed E-state index contributed by atoms with van der Waals surface area (Å²) in [6.07, 6.45) is 0. The highest BCUT2D eigenvalue weighted by Crippen LogP contribution is 2.36. The summed E-state index contributed by atoms with van der Waals surface area (Å²) in [4.78, 5) is 2.10. The summed E-state index contributed by atoms with van der Waals surface area (Å²) < 4.78 is 5.29. The minimum atomic E-state index is 0.602. The van der Waals surface area contributed by atoms with Crippen molar-refractivity contribution in [1.29, 1.82) is 0 Å². The zero-order chi connectivity index (χ0) is 12.3. The Hall–Kier alpha value is -1.81. The second kappa shape index (κ2) is 5.01. The molecule has 0 fully saturated rings. The summed E-state index contributed by atoms with van der Waals surface area (Å²) in [5.41, 5.74) is 12.7. The molecule has 88 valence electrons. The Morgan fingerprint density at radius 1 is 1.00 bits per heavy atom. The molecular weight excluding hydrogens is 232 g/mol. The molecule has 0 radical (unpaired) electrons. The number of nitrogens with two attached hydrogens (primary N) is 2. The van der Waals surface area contributed by atoms with Gasteiger partial charge in [0.15, 0.2) is 0 Å². The molecule has 0 saturated heterocycles. The third-order valence-corrected chi connectivity index (χ3v) is 3.40. The van der Waals surface area contributed by atoms with Crippen molar-refractivity contribution < 1.29 is 4.74 Å². The first kappa shape index (κ1) is 11.7. The van der Waals surface area contributed by atoms with Gasteiger partial charge in [-0.2, -0.15) is 0 Å². The number of rotatable bonds is 3. The summed E-state index contributed by atoms with van der Waals surface area (Å²) >= 11 is 1.60. The van der Waals surface area contributed by atoms with Gasteiger partial charge >= 0.3 is 0 Å². The first-order valence-electron chi connectivity index (χ1n) is 5.16. The van der Waals surface area contributed by atoms with Crippen molar-refractivity contribution in [2.24, 2.45) is 0 Å². The first-order valence-corrected chi connectivity index (χ1v) is 5.98. The average molecular weight is 246 g/mol. The van der Waals surface area contributed by atoms with Crippen LogP contribution in [0.1, 0.15) is 0 Å². The van der Waals surface area contributed by atoms with E-state index in [4.69, 9.17) is 16.2 Å². The molecule has 0 spiro atoms. The van der Waals surface area contributed by atoms with E-state index in [1.165, 1.54) is 0 Å². The Kier molecular flexibility index (Phi) is 3.44. The van der Waals surface area contributed by atoms with E-state index in [1.807, 2.05) is 42.5 Å². The van der Waals surface area contributed by atoms with Crippen LogP contribution in [0.2, 0.25) is 0 Å². The number of hydrogen-bond donors (Lipinski definition) is 2.